The average molecular weight is 402 g/mol. The summed E-state index contributed by atoms with van der Waals surface area (Å²) >= 11 is 1.54. The van der Waals surface area contributed by atoms with E-state index in [9.17, 15) is 13.6 Å². The van der Waals surface area contributed by atoms with Crippen LogP contribution < -0.4 is 14.6 Å². The summed E-state index contributed by atoms with van der Waals surface area (Å²) in [4.78, 5) is 12.1. The van der Waals surface area contributed by atoms with Crippen molar-refractivity contribution in [2.45, 2.75) is 6.92 Å². The van der Waals surface area contributed by atoms with Crippen molar-refractivity contribution < 1.29 is 13.5 Å². The second kappa shape index (κ2) is 8.06. The fourth-order valence-electron chi connectivity index (χ4n) is 2.84. The minimum atomic E-state index is -0.784. The van der Waals surface area contributed by atoms with Crippen molar-refractivity contribution >= 4 is 17.6 Å². The van der Waals surface area contributed by atoms with Gasteiger partial charge in [-0.25, -0.2) is 8.78 Å². The lowest BCUT2D eigenvalue weighted by atomic mass is 10.0. The summed E-state index contributed by atoms with van der Waals surface area (Å²) in [5.41, 5.74) is 2.87. The fourth-order valence-corrected chi connectivity index (χ4v) is 3.16. The van der Waals surface area contributed by atoms with E-state index in [1.165, 1.54) is 10.6 Å². The van der Waals surface area contributed by atoms with Crippen LogP contribution in [0.1, 0.15) is 5.56 Å². The first-order valence-corrected chi connectivity index (χ1v) is 9.70. The average Bonchev–Trinajstić information content (AvgIpc) is 2.67. The van der Waals surface area contributed by atoms with E-state index >= 15 is 0 Å². The Kier molecular flexibility index (Phi) is 5.74. The summed E-state index contributed by atoms with van der Waals surface area (Å²) in [6, 6.07) is 10.4. The van der Waals surface area contributed by atoms with E-state index in [0.717, 1.165) is 23.4 Å². The number of hydrogen-bond donors (Lipinski definition) is 0. The molecule has 28 heavy (non-hydrogen) atoms. The molecule has 0 unspecified atom stereocenters. The molecule has 0 aliphatic carbocycles. The van der Waals surface area contributed by atoms with Crippen molar-refractivity contribution in [3.8, 4) is 22.6 Å². The topological polar surface area (TPSA) is 34.5 Å². The number of aromatic nitrogens is 1. The smallest absolute Gasteiger partial charge is 0.253 e. The number of anilines is 1. The van der Waals surface area contributed by atoms with Crippen molar-refractivity contribution in [3.05, 3.63) is 76.2 Å². The van der Waals surface area contributed by atoms with Gasteiger partial charge in [0.1, 0.15) is 11.6 Å². The highest BCUT2D eigenvalue weighted by atomic mass is 32.2. The Labute approximate surface area is 166 Å². The summed E-state index contributed by atoms with van der Waals surface area (Å²) < 4.78 is 36.5. The Morgan fingerprint density at radius 3 is 2.43 bits per heavy atom. The molecule has 7 heteroatoms. The van der Waals surface area contributed by atoms with E-state index in [1.54, 1.807) is 44.2 Å². The Balaban J connectivity index is 2.15. The lowest BCUT2D eigenvalue weighted by Gasteiger charge is -2.19. The molecule has 2 aromatic carbocycles. The number of nitrogens with zero attached hydrogens (tertiary/aromatic N) is 2. The van der Waals surface area contributed by atoms with E-state index < -0.39 is 11.6 Å². The maximum atomic E-state index is 14.1. The maximum Gasteiger partial charge on any atom is 0.253 e. The third kappa shape index (κ3) is 4.04. The van der Waals surface area contributed by atoms with Gasteiger partial charge in [0.25, 0.3) is 5.56 Å². The zero-order chi connectivity index (χ0) is 20.4. The molecule has 3 rings (SSSR count). The van der Waals surface area contributed by atoms with Gasteiger partial charge >= 0.3 is 0 Å². The molecule has 4 nitrogen and oxygen atoms in total. The Bertz CT molecular complexity index is 1060. The van der Waals surface area contributed by atoms with Crippen molar-refractivity contribution in [2.75, 3.05) is 17.6 Å². The monoisotopic (exact) mass is 402 g/mol. The van der Waals surface area contributed by atoms with Crippen LogP contribution in [0.4, 0.5) is 14.5 Å². The zero-order valence-corrected chi connectivity index (χ0v) is 16.8. The number of benzene rings is 2. The van der Waals surface area contributed by atoms with Gasteiger partial charge in [0, 0.05) is 55.0 Å². The molecule has 0 atom stereocenters. The van der Waals surface area contributed by atoms with Gasteiger partial charge in [-0.1, -0.05) is 11.9 Å². The molecule has 0 aliphatic heterocycles. The third-order valence-corrected chi connectivity index (χ3v) is 5.15. The molecule has 0 saturated heterocycles. The van der Waals surface area contributed by atoms with Gasteiger partial charge in [0.05, 0.1) is 0 Å². The summed E-state index contributed by atoms with van der Waals surface area (Å²) in [7, 11) is 3.60. The Hall–Kier alpha value is -2.80. The van der Waals surface area contributed by atoms with Gasteiger partial charge in [0.15, 0.2) is 11.6 Å². The van der Waals surface area contributed by atoms with Crippen LogP contribution in [0.3, 0.4) is 0 Å². The highest BCUT2D eigenvalue weighted by Gasteiger charge is 2.15. The van der Waals surface area contributed by atoms with Crippen LogP contribution in [-0.4, -0.2) is 17.9 Å². The molecule has 3 aromatic rings. The SMILES string of the molecule is CSN(C)c1ccc(Oc2ccc(F)cc2F)c(-c2cc(C)c(=O)n(C)c2)c1. The van der Waals surface area contributed by atoms with Crippen LogP contribution >= 0.6 is 11.9 Å². The van der Waals surface area contributed by atoms with E-state index in [1.807, 2.05) is 29.7 Å². The van der Waals surface area contributed by atoms with Crippen LogP contribution in [-0.2, 0) is 7.05 Å². The Morgan fingerprint density at radius 1 is 1.07 bits per heavy atom. The predicted molar refractivity (Wildman–Crippen MR) is 110 cm³/mol. The lowest BCUT2D eigenvalue weighted by molar-refractivity contribution is 0.439. The second-order valence-electron chi connectivity index (χ2n) is 6.37. The van der Waals surface area contributed by atoms with Crippen LogP contribution in [0, 0.1) is 18.6 Å². The second-order valence-corrected chi connectivity index (χ2v) is 7.28. The number of aryl methyl sites for hydroxylation is 2. The Morgan fingerprint density at radius 2 is 1.79 bits per heavy atom. The van der Waals surface area contributed by atoms with Gasteiger partial charge in [-0.05, 0) is 43.3 Å². The van der Waals surface area contributed by atoms with Crippen molar-refractivity contribution in [2.24, 2.45) is 7.05 Å². The molecule has 0 radical (unpaired) electrons. The minimum absolute atomic E-state index is 0.0739. The van der Waals surface area contributed by atoms with Crippen LogP contribution in [0.25, 0.3) is 11.1 Å². The summed E-state index contributed by atoms with van der Waals surface area (Å²) in [5, 5.41) is 0. The largest absolute Gasteiger partial charge is 0.454 e. The van der Waals surface area contributed by atoms with Gasteiger partial charge < -0.3 is 13.6 Å². The van der Waals surface area contributed by atoms with E-state index in [4.69, 9.17) is 4.74 Å². The van der Waals surface area contributed by atoms with Gasteiger partial charge in [-0.15, -0.1) is 0 Å². The first-order chi connectivity index (χ1) is 13.3. The number of pyridine rings is 1. The summed E-state index contributed by atoms with van der Waals surface area (Å²) in [5.74, 6) is -1.12. The molecule has 0 spiro atoms. The first kappa shape index (κ1) is 19.9. The molecular formula is C21H20F2N2O2S. The normalized spacial score (nSPS) is 10.8. The first-order valence-electron chi connectivity index (χ1n) is 8.52. The zero-order valence-electron chi connectivity index (χ0n) is 16.0. The maximum absolute atomic E-state index is 14.1. The van der Waals surface area contributed by atoms with Crippen LogP contribution in [0.2, 0.25) is 0 Å². The molecule has 0 bridgehead atoms. The van der Waals surface area contributed by atoms with Crippen molar-refractivity contribution in [3.63, 3.8) is 0 Å². The van der Waals surface area contributed by atoms with Gasteiger partial charge in [-0.3, -0.25) is 4.79 Å². The molecule has 1 heterocycles. The number of rotatable bonds is 5. The number of ether oxygens (including phenoxy) is 1. The molecule has 0 fully saturated rings. The molecule has 146 valence electrons. The minimum Gasteiger partial charge on any atom is -0.454 e. The van der Waals surface area contributed by atoms with Crippen LogP contribution in [0.5, 0.6) is 11.5 Å². The lowest BCUT2D eigenvalue weighted by Crippen LogP contribution is -2.18. The van der Waals surface area contributed by atoms with Crippen molar-refractivity contribution in [1.29, 1.82) is 0 Å². The van der Waals surface area contributed by atoms with Gasteiger partial charge in [-0.2, -0.15) is 0 Å². The van der Waals surface area contributed by atoms with E-state index in [0.29, 0.717) is 16.9 Å². The number of hydrogen-bond acceptors (Lipinski definition) is 4. The van der Waals surface area contributed by atoms with Crippen molar-refractivity contribution in [1.82, 2.24) is 4.57 Å². The third-order valence-electron chi connectivity index (χ3n) is 4.39. The standard InChI is InChI=1S/C21H20F2N2O2S/c1-13-9-14(12-24(2)21(13)26)17-11-16(25(3)28-4)6-8-19(17)27-20-7-5-15(22)10-18(20)23/h5-12H,1-4H3. The molecular weight excluding hydrogens is 382 g/mol. The fraction of sp³-hybridized carbons (Fsp3) is 0.190. The summed E-state index contributed by atoms with van der Waals surface area (Å²) in [6.45, 7) is 1.74. The highest BCUT2D eigenvalue weighted by molar-refractivity contribution is 7.99. The van der Waals surface area contributed by atoms with Crippen LogP contribution in [0.15, 0.2) is 53.5 Å². The molecule has 1 aromatic heterocycles. The molecule has 0 amide bonds. The van der Waals surface area contributed by atoms with E-state index in [2.05, 4.69) is 0 Å². The quantitative estimate of drug-likeness (QED) is 0.553. The van der Waals surface area contributed by atoms with E-state index in [-0.39, 0.29) is 11.3 Å². The summed E-state index contributed by atoms with van der Waals surface area (Å²) in [6.07, 6.45) is 3.66. The van der Waals surface area contributed by atoms with Gasteiger partial charge in [0.2, 0.25) is 0 Å². The predicted octanol–water partition coefficient (Wildman–Crippen LogP) is 5.15. The molecule has 0 saturated carbocycles. The molecule has 0 N–H and O–H groups in total. The highest BCUT2D eigenvalue weighted by Crippen LogP contribution is 2.37. The number of halogens is 2. The molecule has 0 aliphatic rings.